The molecule has 0 aromatic carbocycles. The number of hydrogen-bond acceptors (Lipinski definition) is 5. The highest BCUT2D eigenvalue weighted by Gasteiger charge is 2.17. The minimum Gasteiger partial charge on any atom is -0.364 e. The average Bonchev–Trinajstić information content (AvgIpc) is 2.21. The Balaban J connectivity index is 2.95. The van der Waals surface area contributed by atoms with Crippen molar-refractivity contribution >= 4 is 27.6 Å². The van der Waals surface area contributed by atoms with Crippen LogP contribution in [0, 0.1) is 0 Å². The Labute approximate surface area is 98.0 Å². The molecular formula is C9H16BrN5. The third-order valence-corrected chi connectivity index (χ3v) is 3.02. The zero-order chi connectivity index (χ0) is 11.5. The number of hydrazine groups is 1. The number of nitrogen functional groups attached to an aromatic ring is 1. The minimum atomic E-state index is -0.0112. The van der Waals surface area contributed by atoms with Crippen LogP contribution in [0.15, 0.2) is 10.8 Å². The fraction of sp³-hybridized carbons (Fsp3) is 0.556. The number of hydrogen-bond donors (Lipinski definition) is 3. The van der Waals surface area contributed by atoms with Crippen molar-refractivity contribution in [3.8, 4) is 0 Å². The first-order valence-corrected chi connectivity index (χ1v) is 5.54. The molecule has 0 aliphatic heterocycles. The predicted molar refractivity (Wildman–Crippen MR) is 65.5 cm³/mol. The van der Waals surface area contributed by atoms with Crippen LogP contribution < -0.4 is 16.6 Å². The van der Waals surface area contributed by atoms with Crippen LogP contribution in [0.3, 0.4) is 0 Å². The van der Waals surface area contributed by atoms with Crippen molar-refractivity contribution in [3.63, 3.8) is 0 Å². The van der Waals surface area contributed by atoms with Gasteiger partial charge in [-0.1, -0.05) is 6.92 Å². The van der Waals surface area contributed by atoms with E-state index in [4.69, 9.17) is 5.84 Å². The minimum absolute atomic E-state index is 0.0112. The predicted octanol–water partition coefficient (Wildman–Crippen LogP) is 2.13. The van der Waals surface area contributed by atoms with Crippen molar-refractivity contribution in [1.82, 2.24) is 9.97 Å². The highest BCUT2D eigenvalue weighted by molar-refractivity contribution is 9.10. The molecule has 0 saturated heterocycles. The first-order chi connectivity index (χ1) is 7.00. The Morgan fingerprint density at radius 1 is 1.40 bits per heavy atom. The molecule has 0 unspecified atom stereocenters. The Morgan fingerprint density at radius 3 is 2.53 bits per heavy atom. The summed E-state index contributed by atoms with van der Waals surface area (Å²) in [5.41, 5.74) is 2.49. The molecule has 6 heteroatoms. The zero-order valence-electron chi connectivity index (χ0n) is 9.13. The zero-order valence-corrected chi connectivity index (χ0v) is 10.7. The molecule has 0 saturated carbocycles. The van der Waals surface area contributed by atoms with E-state index in [0.29, 0.717) is 5.82 Å². The van der Waals surface area contributed by atoms with Gasteiger partial charge in [0.2, 0.25) is 0 Å². The molecule has 0 fully saturated rings. The van der Waals surface area contributed by atoms with E-state index in [1.54, 1.807) is 0 Å². The van der Waals surface area contributed by atoms with Gasteiger partial charge in [0.05, 0.1) is 0 Å². The first kappa shape index (κ1) is 12.2. The molecule has 1 rings (SSSR count). The van der Waals surface area contributed by atoms with Crippen LogP contribution in [0.25, 0.3) is 0 Å². The van der Waals surface area contributed by atoms with Gasteiger partial charge in [0.25, 0.3) is 0 Å². The van der Waals surface area contributed by atoms with E-state index in [1.165, 1.54) is 6.33 Å². The smallest absolute Gasteiger partial charge is 0.159 e. The van der Waals surface area contributed by atoms with E-state index in [1.807, 2.05) is 0 Å². The molecule has 15 heavy (non-hydrogen) atoms. The van der Waals surface area contributed by atoms with Crippen molar-refractivity contribution < 1.29 is 0 Å². The molecule has 1 aromatic rings. The van der Waals surface area contributed by atoms with E-state index in [2.05, 4.69) is 57.4 Å². The Hall–Kier alpha value is -0.880. The van der Waals surface area contributed by atoms with Gasteiger partial charge >= 0.3 is 0 Å². The maximum Gasteiger partial charge on any atom is 0.159 e. The number of aromatic nitrogens is 2. The lowest BCUT2D eigenvalue weighted by molar-refractivity contribution is 0.544. The average molecular weight is 274 g/mol. The second-order valence-electron chi connectivity index (χ2n) is 3.89. The first-order valence-electron chi connectivity index (χ1n) is 4.75. The quantitative estimate of drug-likeness (QED) is 0.579. The summed E-state index contributed by atoms with van der Waals surface area (Å²) in [5.74, 6) is 6.63. The van der Waals surface area contributed by atoms with E-state index in [-0.39, 0.29) is 5.54 Å². The second-order valence-corrected chi connectivity index (χ2v) is 4.68. The van der Waals surface area contributed by atoms with Gasteiger partial charge in [-0.2, -0.15) is 0 Å². The summed E-state index contributed by atoms with van der Waals surface area (Å²) in [5, 5.41) is 3.32. The summed E-state index contributed by atoms with van der Waals surface area (Å²) in [6.45, 7) is 6.33. The van der Waals surface area contributed by atoms with Crippen LogP contribution in [0.5, 0.6) is 0 Å². The van der Waals surface area contributed by atoms with Crippen LogP contribution in [0.2, 0.25) is 0 Å². The molecule has 0 atom stereocenters. The molecule has 0 aliphatic rings. The molecule has 84 valence electrons. The molecule has 4 N–H and O–H groups in total. The maximum atomic E-state index is 5.32. The molecule has 1 heterocycles. The van der Waals surface area contributed by atoms with E-state index < -0.39 is 0 Å². The second kappa shape index (κ2) is 4.76. The van der Waals surface area contributed by atoms with Crippen LogP contribution in [0.1, 0.15) is 27.2 Å². The van der Waals surface area contributed by atoms with Crippen LogP contribution in [-0.2, 0) is 0 Å². The summed E-state index contributed by atoms with van der Waals surface area (Å²) in [6, 6.07) is 0. The Morgan fingerprint density at radius 2 is 2.00 bits per heavy atom. The van der Waals surface area contributed by atoms with E-state index in [0.717, 1.165) is 16.7 Å². The fourth-order valence-corrected chi connectivity index (χ4v) is 1.38. The lowest BCUT2D eigenvalue weighted by Gasteiger charge is -2.25. The summed E-state index contributed by atoms with van der Waals surface area (Å²) >= 11 is 3.39. The topological polar surface area (TPSA) is 75.9 Å². The van der Waals surface area contributed by atoms with Crippen LogP contribution in [-0.4, -0.2) is 15.5 Å². The lowest BCUT2D eigenvalue weighted by Crippen LogP contribution is -2.30. The summed E-state index contributed by atoms with van der Waals surface area (Å²) in [6.07, 6.45) is 2.46. The largest absolute Gasteiger partial charge is 0.364 e. The van der Waals surface area contributed by atoms with Gasteiger partial charge < -0.3 is 10.7 Å². The van der Waals surface area contributed by atoms with Gasteiger partial charge in [-0.15, -0.1) is 0 Å². The Bertz CT molecular complexity index is 339. The van der Waals surface area contributed by atoms with Gasteiger partial charge in [-0.05, 0) is 36.2 Å². The van der Waals surface area contributed by atoms with Crippen molar-refractivity contribution in [3.05, 3.63) is 10.8 Å². The monoisotopic (exact) mass is 273 g/mol. The molecule has 0 aliphatic carbocycles. The highest BCUT2D eigenvalue weighted by Crippen LogP contribution is 2.28. The van der Waals surface area contributed by atoms with Crippen molar-refractivity contribution in [1.29, 1.82) is 0 Å². The summed E-state index contributed by atoms with van der Waals surface area (Å²) < 4.78 is 0.744. The van der Waals surface area contributed by atoms with E-state index in [9.17, 15) is 0 Å². The maximum absolute atomic E-state index is 5.32. The third kappa shape index (κ3) is 3.04. The number of nitrogens with zero attached hydrogens (tertiary/aromatic N) is 2. The van der Waals surface area contributed by atoms with Gasteiger partial charge in [0.15, 0.2) is 5.82 Å². The molecule has 0 radical (unpaired) electrons. The van der Waals surface area contributed by atoms with Crippen molar-refractivity contribution in [2.75, 3.05) is 10.7 Å². The molecule has 0 amide bonds. The normalized spacial score (nSPS) is 11.3. The van der Waals surface area contributed by atoms with Gasteiger partial charge in [0.1, 0.15) is 16.6 Å². The van der Waals surface area contributed by atoms with Gasteiger partial charge in [-0.3, -0.25) is 0 Å². The van der Waals surface area contributed by atoms with Crippen LogP contribution >= 0.6 is 15.9 Å². The SMILES string of the molecule is CCC(C)(C)Nc1ncnc(NN)c1Br. The highest BCUT2D eigenvalue weighted by atomic mass is 79.9. The van der Waals surface area contributed by atoms with Crippen LogP contribution in [0.4, 0.5) is 11.6 Å². The lowest BCUT2D eigenvalue weighted by atomic mass is 10.0. The molecular weight excluding hydrogens is 258 g/mol. The summed E-state index contributed by atoms with van der Waals surface area (Å²) in [4.78, 5) is 8.13. The van der Waals surface area contributed by atoms with E-state index >= 15 is 0 Å². The number of nitrogens with two attached hydrogens (primary N) is 1. The number of nitrogens with one attached hydrogen (secondary N) is 2. The number of rotatable bonds is 4. The third-order valence-electron chi connectivity index (χ3n) is 2.27. The van der Waals surface area contributed by atoms with Gasteiger partial charge in [0, 0.05) is 5.54 Å². The molecule has 0 bridgehead atoms. The number of halogens is 1. The van der Waals surface area contributed by atoms with Gasteiger partial charge in [-0.25, -0.2) is 15.8 Å². The number of anilines is 2. The molecule has 0 spiro atoms. The summed E-state index contributed by atoms with van der Waals surface area (Å²) in [7, 11) is 0. The van der Waals surface area contributed by atoms with Crippen molar-refractivity contribution in [2.24, 2.45) is 5.84 Å². The standard InChI is InChI=1S/C9H16BrN5/c1-4-9(2,3)14-7-6(10)8(15-11)13-5-12-7/h5H,4,11H2,1-3H3,(H2,12,13,14,15). The molecule has 1 aromatic heterocycles. The molecule has 5 nitrogen and oxygen atoms in total. The fourth-order valence-electron chi connectivity index (χ4n) is 0.967. The Kier molecular flexibility index (Phi) is 3.87. The van der Waals surface area contributed by atoms with Crippen molar-refractivity contribution in [2.45, 2.75) is 32.7 Å².